The quantitative estimate of drug-likeness (QED) is 0.263. The van der Waals surface area contributed by atoms with Crippen LogP contribution in [0.4, 0.5) is 28.2 Å². The number of carbonyl (C=O) groups excluding carboxylic acids is 1. The number of rotatable bonds is 6. The first kappa shape index (κ1) is 28.1. The standard InChI is InChI=1S/C25H23F4N3O7S/c26-24(27)19-13-17(8-11-21(19)38-25(28,29)39-24)37-23(34)31-22-5-1-4-20(30-22)15-6-9-18(10-7-15)40(35,36)32-12-2-3-16(32)14-33/h1,4-11,13,16,33,35-36H,2-3,12,14H2,(H,30,31,34)/t16-/m1/s1. The number of amides is 1. The molecule has 214 valence electrons. The molecule has 5 rings (SSSR count). The van der Waals surface area contributed by atoms with Crippen LogP contribution in [-0.4, -0.2) is 55.1 Å². The van der Waals surface area contributed by atoms with Crippen LogP contribution in [-0.2, 0) is 10.8 Å². The van der Waals surface area contributed by atoms with Crippen LogP contribution in [0.25, 0.3) is 11.3 Å². The van der Waals surface area contributed by atoms with Gasteiger partial charge in [-0.05, 0) is 55.3 Å². The number of aliphatic hydroxyl groups is 1. The molecule has 0 unspecified atom stereocenters. The molecule has 10 nitrogen and oxygen atoms in total. The normalized spacial score (nSPS) is 20.3. The maximum absolute atomic E-state index is 14.0. The number of nitrogens with one attached hydrogen (secondary N) is 1. The monoisotopic (exact) mass is 585 g/mol. The zero-order valence-electron chi connectivity index (χ0n) is 20.5. The van der Waals surface area contributed by atoms with E-state index < -0.39 is 40.6 Å². The van der Waals surface area contributed by atoms with E-state index in [2.05, 4.69) is 19.8 Å². The zero-order chi connectivity index (χ0) is 28.7. The van der Waals surface area contributed by atoms with Crippen LogP contribution < -0.4 is 14.8 Å². The lowest BCUT2D eigenvalue weighted by Crippen LogP contribution is -2.41. The van der Waals surface area contributed by atoms with Crippen molar-refractivity contribution in [2.24, 2.45) is 0 Å². The molecule has 0 saturated carbocycles. The smallest absolute Gasteiger partial charge is 0.410 e. The van der Waals surface area contributed by atoms with E-state index in [4.69, 9.17) is 4.74 Å². The third kappa shape index (κ3) is 5.70. The van der Waals surface area contributed by atoms with Crippen LogP contribution >= 0.6 is 10.8 Å². The van der Waals surface area contributed by atoms with Crippen LogP contribution in [0.2, 0.25) is 0 Å². The molecule has 1 saturated heterocycles. The lowest BCUT2D eigenvalue weighted by molar-refractivity contribution is -0.461. The highest BCUT2D eigenvalue weighted by Gasteiger charge is 2.54. The summed E-state index contributed by atoms with van der Waals surface area (Å²) in [4.78, 5) is 17.0. The molecular weight excluding hydrogens is 562 g/mol. The molecule has 3 heterocycles. The summed E-state index contributed by atoms with van der Waals surface area (Å²) in [6.45, 7) is 0.271. The average molecular weight is 586 g/mol. The summed E-state index contributed by atoms with van der Waals surface area (Å²) in [7, 11) is -3.29. The van der Waals surface area contributed by atoms with Crippen molar-refractivity contribution in [3.8, 4) is 22.8 Å². The van der Waals surface area contributed by atoms with E-state index in [0.29, 0.717) is 30.3 Å². The fraction of sp³-hybridized carbons (Fsp3) is 0.280. The van der Waals surface area contributed by atoms with Crippen molar-refractivity contribution in [1.82, 2.24) is 9.29 Å². The van der Waals surface area contributed by atoms with Crippen LogP contribution in [0, 0.1) is 0 Å². The van der Waals surface area contributed by atoms with Gasteiger partial charge in [0.1, 0.15) is 17.3 Å². The molecule has 4 N–H and O–H groups in total. The number of hydrogen-bond acceptors (Lipinski definition) is 9. The van der Waals surface area contributed by atoms with Gasteiger partial charge >= 0.3 is 18.5 Å². The van der Waals surface area contributed by atoms with Crippen LogP contribution in [0.5, 0.6) is 11.5 Å². The number of fused-ring (bicyclic) bond motifs is 1. The third-order valence-corrected chi connectivity index (χ3v) is 8.30. The molecule has 1 atom stereocenters. The minimum absolute atomic E-state index is 0.0494. The molecule has 1 aromatic heterocycles. The van der Waals surface area contributed by atoms with E-state index >= 15 is 0 Å². The Morgan fingerprint density at radius 1 is 1.12 bits per heavy atom. The summed E-state index contributed by atoms with van der Waals surface area (Å²) in [5.41, 5.74) is -0.0378. The van der Waals surface area contributed by atoms with Gasteiger partial charge in [-0.1, -0.05) is 18.2 Å². The number of aromatic nitrogens is 1. The summed E-state index contributed by atoms with van der Waals surface area (Å²) in [6.07, 6.45) is -8.60. The van der Waals surface area contributed by atoms with Gasteiger partial charge in [0.15, 0.2) is 0 Å². The Kier molecular flexibility index (Phi) is 7.37. The van der Waals surface area contributed by atoms with Gasteiger partial charge in [-0.15, -0.1) is 19.6 Å². The number of alkyl halides is 4. The number of carbonyl (C=O) groups is 1. The summed E-state index contributed by atoms with van der Waals surface area (Å²) in [5.74, 6) is -1.17. The Labute approximate surface area is 226 Å². The molecule has 0 spiro atoms. The number of pyridine rings is 1. The Bertz CT molecular complexity index is 1410. The average Bonchev–Trinajstić information content (AvgIpc) is 3.38. The predicted molar refractivity (Wildman–Crippen MR) is 134 cm³/mol. The molecule has 3 aromatic rings. The first-order valence-electron chi connectivity index (χ1n) is 11.9. The second-order valence-corrected chi connectivity index (χ2v) is 10.9. The molecule has 15 heteroatoms. The van der Waals surface area contributed by atoms with Crippen molar-refractivity contribution in [1.29, 1.82) is 0 Å². The molecule has 0 radical (unpaired) electrons. The van der Waals surface area contributed by atoms with Crippen molar-refractivity contribution in [2.45, 2.75) is 36.2 Å². The summed E-state index contributed by atoms with van der Waals surface area (Å²) < 4.78 is 89.9. The van der Waals surface area contributed by atoms with Gasteiger partial charge in [0, 0.05) is 12.1 Å². The van der Waals surface area contributed by atoms with E-state index in [0.717, 1.165) is 18.6 Å². The van der Waals surface area contributed by atoms with Crippen LogP contribution in [0.15, 0.2) is 65.6 Å². The van der Waals surface area contributed by atoms with E-state index in [9.17, 15) is 36.6 Å². The van der Waals surface area contributed by atoms with Crippen LogP contribution in [0.3, 0.4) is 0 Å². The first-order valence-corrected chi connectivity index (χ1v) is 13.4. The second kappa shape index (κ2) is 10.5. The van der Waals surface area contributed by atoms with Gasteiger partial charge in [-0.3, -0.25) is 14.4 Å². The lowest BCUT2D eigenvalue weighted by atomic mass is 10.1. The van der Waals surface area contributed by atoms with E-state index in [1.165, 1.54) is 10.4 Å². The van der Waals surface area contributed by atoms with Crippen LogP contribution in [0.1, 0.15) is 18.4 Å². The minimum atomic E-state index is -4.52. The number of aliphatic hydroxyl groups excluding tert-OH is 1. The van der Waals surface area contributed by atoms with Crippen molar-refractivity contribution in [3.63, 3.8) is 0 Å². The zero-order valence-corrected chi connectivity index (χ0v) is 21.3. The van der Waals surface area contributed by atoms with Gasteiger partial charge in [-0.2, -0.15) is 13.1 Å². The topological polar surface area (TPSA) is 134 Å². The highest BCUT2D eigenvalue weighted by Crippen LogP contribution is 2.54. The van der Waals surface area contributed by atoms with Gasteiger partial charge in [0.05, 0.1) is 28.8 Å². The lowest BCUT2D eigenvalue weighted by Gasteiger charge is -2.43. The fourth-order valence-electron chi connectivity index (χ4n) is 4.41. The molecule has 0 bridgehead atoms. The minimum Gasteiger partial charge on any atom is -0.410 e. The molecule has 1 fully saturated rings. The Balaban J connectivity index is 1.27. The Morgan fingerprint density at radius 3 is 2.60 bits per heavy atom. The van der Waals surface area contributed by atoms with Crippen molar-refractivity contribution >= 4 is 22.7 Å². The first-order chi connectivity index (χ1) is 18.9. The summed E-state index contributed by atoms with van der Waals surface area (Å²) in [5, 5.41) is 11.9. The molecule has 0 aliphatic carbocycles. The predicted octanol–water partition coefficient (Wildman–Crippen LogP) is 5.85. The number of anilines is 1. The maximum Gasteiger partial charge on any atom is 0.540 e. The molecule has 40 heavy (non-hydrogen) atoms. The van der Waals surface area contributed by atoms with E-state index in [-0.39, 0.29) is 29.1 Å². The third-order valence-electron chi connectivity index (χ3n) is 6.26. The Hall–Kier alpha value is -3.47. The molecular formula is C25H23F4N3O7S. The number of benzene rings is 2. The van der Waals surface area contributed by atoms with Crippen molar-refractivity contribution in [2.75, 3.05) is 18.5 Å². The van der Waals surface area contributed by atoms with E-state index in [1.54, 1.807) is 36.4 Å². The maximum atomic E-state index is 14.0. The SMILES string of the molecule is O=C(Nc1cccc(-c2ccc(S(O)(O)N3CCC[C@@H]3CO)cc2)n1)Oc1ccc2c(c1)C(F)(F)OC(F)(F)O2. The number of ether oxygens (including phenoxy) is 3. The number of halogens is 4. The molecule has 2 aliphatic rings. The highest BCUT2D eigenvalue weighted by atomic mass is 32.3. The van der Waals surface area contributed by atoms with E-state index in [1.807, 2.05) is 0 Å². The molecule has 2 aromatic carbocycles. The second-order valence-electron chi connectivity index (χ2n) is 8.93. The Morgan fingerprint density at radius 2 is 1.88 bits per heavy atom. The van der Waals surface area contributed by atoms with Crippen molar-refractivity contribution < 1.29 is 50.8 Å². The van der Waals surface area contributed by atoms with Gasteiger partial charge in [0.2, 0.25) is 0 Å². The summed E-state index contributed by atoms with van der Waals surface area (Å²) >= 11 is 0. The molecule has 1 amide bonds. The highest BCUT2D eigenvalue weighted by molar-refractivity contribution is 8.22. The molecule has 2 aliphatic heterocycles. The number of nitrogens with zero attached hydrogens (tertiary/aromatic N) is 2. The largest absolute Gasteiger partial charge is 0.540 e. The van der Waals surface area contributed by atoms with Gasteiger partial charge < -0.3 is 14.6 Å². The summed E-state index contributed by atoms with van der Waals surface area (Å²) in [6, 6.07) is 13.1. The van der Waals surface area contributed by atoms with Gasteiger partial charge in [0.25, 0.3) is 0 Å². The van der Waals surface area contributed by atoms with Gasteiger partial charge in [-0.25, -0.2) is 14.5 Å². The number of hydrogen-bond donors (Lipinski definition) is 4. The fourth-order valence-corrected chi connectivity index (χ4v) is 6.16. The van der Waals surface area contributed by atoms with Crippen molar-refractivity contribution in [3.05, 3.63) is 66.2 Å².